The molecule has 0 saturated carbocycles. The summed E-state index contributed by atoms with van der Waals surface area (Å²) in [6.07, 6.45) is 0.854. The molecule has 0 amide bonds. The van der Waals surface area contributed by atoms with Crippen molar-refractivity contribution in [3.05, 3.63) is 45.4 Å². The van der Waals surface area contributed by atoms with E-state index in [0.717, 1.165) is 23.2 Å². The third kappa shape index (κ3) is 4.30. The van der Waals surface area contributed by atoms with Crippen molar-refractivity contribution in [2.24, 2.45) is 4.99 Å². The summed E-state index contributed by atoms with van der Waals surface area (Å²) >= 11 is 1.67. The summed E-state index contributed by atoms with van der Waals surface area (Å²) < 4.78 is 27.0. The van der Waals surface area contributed by atoms with Crippen LogP contribution in [0.4, 0.5) is 14.5 Å². The van der Waals surface area contributed by atoms with E-state index in [-0.39, 0.29) is 6.04 Å². The maximum absolute atomic E-state index is 14.0. The average Bonchev–Trinajstić information content (AvgIpc) is 3.18. The fraction of sp³-hybridized carbons (Fsp3) is 0.444. The molecule has 1 unspecified atom stereocenters. The second kappa shape index (κ2) is 7.99. The molecule has 0 bridgehead atoms. The van der Waals surface area contributed by atoms with Gasteiger partial charge in [-0.05, 0) is 32.4 Å². The number of aliphatic imine (C=N–C) groups is 1. The van der Waals surface area contributed by atoms with Crippen LogP contribution in [0.3, 0.4) is 0 Å². The first kappa shape index (κ1) is 18.6. The molecule has 1 aliphatic rings. The lowest BCUT2D eigenvalue weighted by atomic mass is 10.2. The van der Waals surface area contributed by atoms with E-state index in [1.165, 1.54) is 17.0 Å². The van der Waals surface area contributed by atoms with Crippen LogP contribution in [0.25, 0.3) is 0 Å². The Hall–Kier alpha value is -2.22. The molecule has 1 aliphatic heterocycles. The predicted octanol–water partition coefficient (Wildman–Crippen LogP) is 2.98. The highest BCUT2D eigenvalue weighted by Crippen LogP contribution is 2.24. The van der Waals surface area contributed by atoms with Gasteiger partial charge in [-0.2, -0.15) is 0 Å². The maximum Gasteiger partial charge on any atom is 0.191 e. The van der Waals surface area contributed by atoms with Gasteiger partial charge < -0.3 is 15.5 Å². The van der Waals surface area contributed by atoms with E-state index >= 15 is 0 Å². The minimum absolute atomic E-state index is 0.144. The fourth-order valence-corrected chi connectivity index (χ4v) is 3.87. The Balaban J connectivity index is 1.54. The first-order valence-corrected chi connectivity index (χ1v) is 9.38. The normalized spacial score (nSPS) is 17.7. The van der Waals surface area contributed by atoms with Gasteiger partial charge in [0.05, 0.1) is 17.9 Å². The number of halogens is 2. The van der Waals surface area contributed by atoms with Crippen molar-refractivity contribution in [3.8, 4) is 0 Å². The third-order valence-electron chi connectivity index (χ3n) is 4.48. The van der Waals surface area contributed by atoms with Crippen LogP contribution < -0.4 is 15.5 Å². The molecular formula is C18H23F2N5S. The van der Waals surface area contributed by atoms with Gasteiger partial charge in [0.25, 0.3) is 0 Å². The minimum atomic E-state index is -0.558. The summed E-state index contributed by atoms with van der Waals surface area (Å²) in [7, 11) is 1.72. The quantitative estimate of drug-likeness (QED) is 0.633. The number of hydrogen-bond acceptors (Lipinski definition) is 4. The zero-order valence-electron chi connectivity index (χ0n) is 15.1. The highest BCUT2D eigenvalue weighted by Gasteiger charge is 2.25. The van der Waals surface area contributed by atoms with Crippen molar-refractivity contribution in [2.75, 3.05) is 25.0 Å². The van der Waals surface area contributed by atoms with Gasteiger partial charge in [0.1, 0.15) is 16.6 Å². The summed E-state index contributed by atoms with van der Waals surface area (Å²) in [6, 6.07) is 3.85. The molecule has 2 aromatic rings. The summed E-state index contributed by atoms with van der Waals surface area (Å²) in [5, 5.41) is 7.65. The van der Waals surface area contributed by atoms with Crippen molar-refractivity contribution >= 4 is 23.0 Å². The van der Waals surface area contributed by atoms with Crippen molar-refractivity contribution in [1.82, 2.24) is 15.6 Å². The largest absolute Gasteiger partial charge is 0.367 e. The molecule has 1 aromatic heterocycles. The number of guanidine groups is 1. The lowest BCUT2D eigenvalue weighted by Crippen LogP contribution is -2.44. The number of benzene rings is 1. The second-order valence-electron chi connectivity index (χ2n) is 6.35. The van der Waals surface area contributed by atoms with Crippen LogP contribution in [-0.4, -0.2) is 37.1 Å². The molecule has 2 heterocycles. The van der Waals surface area contributed by atoms with Crippen LogP contribution in [0.15, 0.2) is 23.2 Å². The number of nitrogens with zero attached hydrogens (tertiary/aromatic N) is 3. The smallest absolute Gasteiger partial charge is 0.191 e. The van der Waals surface area contributed by atoms with E-state index < -0.39 is 11.6 Å². The number of aryl methyl sites for hydroxylation is 2. The molecule has 5 nitrogen and oxygen atoms in total. The van der Waals surface area contributed by atoms with Gasteiger partial charge in [-0.25, -0.2) is 13.8 Å². The third-order valence-corrected chi connectivity index (χ3v) is 5.56. The van der Waals surface area contributed by atoms with Crippen molar-refractivity contribution in [2.45, 2.75) is 32.9 Å². The van der Waals surface area contributed by atoms with Gasteiger partial charge in [-0.1, -0.05) is 0 Å². The van der Waals surface area contributed by atoms with E-state index in [0.29, 0.717) is 31.3 Å². The zero-order chi connectivity index (χ0) is 18.7. The Bertz CT molecular complexity index is 785. The lowest BCUT2D eigenvalue weighted by molar-refractivity contribution is 0.580. The lowest BCUT2D eigenvalue weighted by Gasteiger charge is -2.20. The molecule has 1 fully saturated rings. The van der Waals surface area contributed by atoms with Gasteiger partial charge in [0.2, 0.25) is 0 Å². The number of anilines is 1. The van der Waals surface area contributed by atoms with Crippen LogP contribution in [-0.2, 0) is 6.54 Å². The highest BCUT2D eigenvalue weighted by atomic mass is 32.1. The standard InChI is InChI=1S/C18H23F2N5S/c1-11-12(2)26-17(23-11)9-22-18(21-3)24-14-6-7-25(10-14)16-5-4-13(19)8-15(16)20/h4-5,8,14H,6-7,9-10H2,1-3H3,(H2,21,22,24). The Labute approximate surface area is 156 Å². The van der Waals surface area contributed by atoms with Gasteiger partial charge >= 0.3 is 0 Å². The predicted molar refractivity (Wildman–Crippen MR) is 102 cm³/mol. The Morgan fingerprint density at radius 3 is 2.85 bits per heavy atom. The number of hydrogen-bond donors (Lipinski definition) is 2. The topological polar surface area (TPSA) is 52.6 Å². The van der Waals surface area contributed by atoms with Gasteiger partial charge in [-0.3, -0.25) is 4.99 Å². The number of nitrogens with one attached hydrogen (secondary N) is 2. The van der Waals surface area contributed by atoms with Crippen molar-refractivity contribution in [3.63, 3.8) is 0 Å². The van der Waals surface area contributed by atoms with E-state index in [4.69, 9.17) is 0 Å². The van der Waals surface area contributed by atoms with Gasteiger partial charge in [-0.15, -0.1) is 11.3 Å². The van der Waals surface area contributed by atoms with Crippen LogP contribution in [0.1, 0.15) is 22.0 Å². The van der Waals surface area contributed by atoms with Crippen LogP contribution in [0.5, 0.6) is 0 Å². The van der Waals surface area contributed by atoms with Crippen LogP contribution in [0.2, 0.25) is 0 Å². The van der Waals surface area contributed by atoms with E-state index in [1.807, 2.05) is 11.8 Å². The van der Waals surface area contributed by atoms with Crippen LogP contribution in [0, 0.1) is 25.5 Å². The number of aromatic nitrogens is 1. The molecule has 1 aromatic carbocycles. The molecule has 2 N–H and O–H groups in total. The molecule has 3 rings (SSSR count). The first-order chi connectivity index (χ1) is 12.5. The summed E-state index contributed by atoms with van der Waals surface area (Å²) in [6.45, 7) is 6.03. The molecule has 1 atom stereocenters. The van der Waals surface area contributed by atoms with Crippen molar-refractivity contribution < 1.29 is 8.78 Å². The molecule has 8 heteroatoms. The summed E-state index contributed by atoms with van der Waals surface area (Å²) in [4.78, 5) is 11.9. The van der Waals surface area contributed by atoms with E-state index in [9.17, 15) is 8.78 Å². The summed E-state index contributed by atoms with van der Waals surface area (Å²) in [5.41, 5.74) is 1.50. The zero-order valence-corrected chi connectivity index (χ0v) is 16.0. The molecular weight excluding hydrogens is 356 g/mol. The molecule has 0 aliphatic carbocycles. The van der Waals surface area contributed by atoms with Gasteiger partial charge in [0.15, 0.2) is 5.96 Å². The fourth-order valence-electron chi connectivity index (χ4n) is 3.00. The second-order valence-corrected chi connectivity index (χ2v) is 7.63. The Morgan fingerprint density at radius 1 is 1.38 bits per heavy atom. The van der Waals surface area contributed by atoms with Gasteiger partial charge in [0, 0.05) is 37.1 Å². The molecule has 0 spiro atoms. The van der Waals surface area contributed by atoms with Crippen molar-refractivity contribution in [1.29, 1.82) is 0 Å². The highest BCUT2D eigenvalue weighted by molar-refractivity contribution is 7.11. The van der Waals surface area contributed by atoms with E-state index in [1.54, 1.807) is 18.4 Å². The molecule has 0 radical (unpaired) electrons. The maximum atomic E-state index is 14.0. The molecule has 1 saturated heterocycles. The average molecular weight is 379 g/mol. The Kier molecular flexibility index (Phi) is 5.70. The first-order valence-electron chi connectivity index (χ1n) is 8.56. The molecule has 26 heavy (non-hydrogen) atoms. The number of thiazole rings is 1. The molecule has 140 valence electrons. The minimum Gasteiger partial charge on any atom is -0.367 e. The number of rotatable bonds is 4. The van der Waals surface area contributed by atoms with Crippen LogP contribution >= 0.6 is 11.3 Å². The summed E-state index contributed by atoms with van der Waals surface area (Å²) in [5.74, 6) is -0.387. The SMILES string of the molecule is CN=C(NCc1nc(C)c(C)s1)NC1CCN(c2ccc(F)cc2F)C1. The van der Waals surface area contributed by atoms with E-state index in [2.05, 4.69) is 27.5 Å². The Morgan fingerprint density at radius 2 is 2.19 bits per heavy atom. The monoisotopic (exact) mass is 379 g/mol.